The van der Waals surface area contributed by atoms with Crippen molar-refractivity contribution in [2.75, 3.05) is 18.4 Å². The third-order valence-corrected chi connectivity index (χ3v) is 7.84. The molecular weight excluding hydrogens is 406 g/mol. The topological polar surface area (TPSA) is 46.0 Å². The molecule has 3 aromatic carbocycles. The molecule has 2 aliphatic heterocycles. The molecule has 3 heterocycles. The quantitative estimate of drug-likeness (QED) is 0.459. The normalized spacial score (nSPS) is 19.0. The molecule has 5 nitrogen and oxygen atoms in total. The number of anilines is 1. The molecule has 1 aliphatic carbocycles. The lowest BCUT2D eigenvalue weighted by molar-refractivity contribution is 0.0981. The largest absolute Gasteiger partial charge is 0.360 e. The van der Waals surface area contributed by atoms with Crippen molar-refractivity contribution in [1.82, 2.24) is 19.7 Å². The van der Waals surface area contributed by atoms with E-state index in [-0.39, 0.29) is 5.66 Å². The molecular formula is C28H27N5. The Bertz CT molecular complexity index is 1280. The molecule has 3 aliphatic rings. The summed E-state index contributed by atoms with van der Waals surface area (Å²) in [6, 6.07) is 26.9. The van der Waals surface area contributed by atoms with E-state index in [4.69, 9.17) is 0 Å². The highest BCUT2D eigenvalue weighted by atomic mass is 15.5. The molecule has 1 N–H and O–H groups in total. The Balaban J connectivity index is 1.25. The lowest BCUT2D eigenvalue weighted by Gasteiger charge is -2.47. The molecule has 0 saturated carbocycles. The first-order chi connectivity index (χ1) is 16.3. The van der Waals surface area contributed by atoms with Gasteiger partial charge in [-0.3, -0.25) is 4.90 Å². The van der Waals surface area contributed by atoms with Gasteiger partial charge in [-0.15, -0.1) is 0 Å². The number of piperidine rings is 1. The minimum absolute atomic E-state index is 0.222. The van der Waals surface area contributed by atoms with Crippen LogP contribution in [0.3, 0.4) is 0 Å². The van der Waals surface area contributed by atoms with Crippen LogP contribution in [0.5, 0.6) is 0 Å². The number of aromatic nitrogens is 3. The summed E-state index contributed by atoms with van der Waals surface area (Å²) in [7, 11) is 0. The van der Waals surface area contributed by atoms with E-state index in [0.717, 1.165) is 55.8 Å². The Morgan fingerprint density at radius 3 is 2.15 bits per heavy atom. The molecule has 5 heteroatoms. The summed E-state index contributed by atoms with van der Waals surface area (Å²) in [5.41, 5.74) is 8.00. The zero-order valence-corrected chi connectivity index (χ0v) is 18.6. The average Bonchev–Trinajstić information content (AvgIpc) is 3.31. The van der Waals surface area contributed by atoms with Gasteiger partial charge in [-0.05, 0) is 47.2 Å². The molecule has 1 aromatic heterocycles. The molecule has 1 saturated heterocycles. The number of benzene rings is 3. The van der Waals surface area contributed by atoms with Crippen molar-refractivity contribution in [3.05, 3.63) is 101 Å². The summed E-state index contributed by atoms with van der Waals surface area (Å²) in [5.74, 6) is 0.975. The zero-order valence-electron chi connectivity index (χ0n) is 18.6. The number of rotatable bonds is 1. The summed E-state index contributed by atoms with van der Waals surface area (Å²) >= 11 is 0. The van der Waals surface area contributed by atoms with Gasteiger partial charge in [-0.1, -0.05) is 60.7 Å². The van der Waals surface area contributed by atoms with Gasteiger partial charge in [0.15, 0.2) is 5.82 Å². The SMILES string of the molecule is c1ccc2c(c1)CCc1ccccc1C2N1CCC2(CC1)Nc1ccccc1-c1ncnn12. The van der Waals surface area contributed by atoms with E-state index < -0.39 is 0 Å². The van der Waals surface area contributed by atoms with Crippen LogP contribution in [0.15, 0.2) is 79.1 Å². The predicted molar refractivity (Wildman–Crippen MR) is 130 cm³/mol. The molecule has 0 radical (unpaired) electrons. The van der Waals surface area contributed by atoms with E-state index in [2.05, 4.69) is 97.8 Å². The molecule has 0 amide bonds. The van der Waals surface area contributed by atoms with Crippen LogP contribution in [0.1, 0.15) is 41.1 Å². The molecule has 1 fully saturated rings. The van der Waals surface area contributed by atoms with Crippen molar-refractivity contribution in [3.63, 3.8) is 0 Å². The minimum Gasteiger partial charge on any atom is -0.360 e. The number of likely N-dealkylation sites (tertiary alicyclic amines) is 1. The van der Waals surface area contributed by atoms with E-state index in [1.165, 1.54) is 22.3 Å². The van der Waals surface area contributed by atoms with Crippen LogP contribution >= 0.6 is 0 Å². The lowest BCUT2D eigenvalue weighted by Crippen LogP contribution is -2.53. The molecule has 164 valence electrons. The number of hydrogen-bond donors (Lipinski definition) is 1. The van der Waals surface area contributed by atoms with Crippen LogP contribution in [-0.4, -0.2) is 32.8 Å². The Kier molecular flexibility index (Phi) is 4.21. The Morgan fingerprint density at radius 2 is 1.42 bits per heavy atom. The number of nitrogens with one attached hydrogen (secondary N) is 1. The maximum atomic E-state index is 4.68. The Hall–Kier alpha value is -3.44. The summed E-state index contributed by atoms with van der Waals surface area (Å²) in [6.07, 6.45) is 5.90. The summed E-state index contributed by atoms with van der Waals surface area (Å²) in [6.45, 7) is 2.00. The standard InChI is InChI=1S/C28H27N5/c1-3-9-22-20(7-1)13-14-21-8-2-4-10-23(21)26(22)32-17-15-28(16-18-32)31-25-12-6-5-11-24(25)27-29-19-30-33(27)28/h1-12,19,26,31H,13-18H2. The highest BCUT2D eigenvalue weighted by Crippen LogP contribution is 2.44. The van der Waals surface area contributed by atoms with Crippen molar-refractivity contribution in [2.45, 2.75) is 37.4 Å². The minimum atomic E-state index is -0.222. The van der Waals surface area contributed by atoms with Crippen molar-refractivity contribution in [1.29, 1.82) is 0 Å². The van der Waals surface area contributed by atoms with E-state index in [0.29, 0.717) is 6.04 Å². The van der Waals surface area contributed by atoms with Gasteiger partial charge in [0.05, 0.1) is 6.04 Å². The van der Waals surface area contributed by atoms with Gasteiger partial charge < -0.3 is 5.32 Å². The molecule has 0 bridgehead atoms. The smallest absolute Gasteiger partial charge is 0.162 e. The van der Waals surface area contributed by atoms with E-state index in [1.807, 2.05) is 0 Å². The molecule has 33 heavy (non-hydrogen) atoms. The van der Waals surface area contributed by atoms with Gasteiger partial charge >= 0.3 is 0 Å². The third-order valence-electron chi connectivity index (χ3n) is 7.84. The molecule has 4 aromatic rings. The monoisotopic (exact) mass is 433 g/mol. The molecule has 7 rings (SSSR count). The van der Waals surface area contributed by atoms with Crippen molar-refractivity contribution in [3.8, 4) is 11.4 Å². The first kappa shape index (κ1) is 19.1. The fourth-order valence-electron chi connectivity index (χ4n) is 6.21. The van der Waals surface area contributed by atoms with Gasteiger partial charge in [0.2, 0.25) is 0 Å². The molecule has 0 atom stereocenters. The number of aryl methyl sites for hydroxylation is 2. The Morgan fingerprint density at radius 1 is 0.788 bits per heavy atom. The average molecular weight is 434 g/mol. The summed E-state index contributed by atoms with van der Waals surface area (Å²) in [5, 5.41) is 8.54. The first-order valence-electron chi connectivity index (χ1n) is 12.0. The van der Waals surface area contributed by atoms with Gasteiger partial charge in [0.1, 0.15) is 12.0 Å². The highest BCUT2D eigenvalue weighted by molar-refractivity contribution is 5.76. The Labute approximate surface area is 194 Å². The van der Waals surface area contributed by atoms with Crippen LogP contribution in [0.4, 0.5) is 5.69 Å². The number of fused-ring (bicyclic) bond motifs is 6. The van der Waals surface area contributed by atoms with E-state index in [9.17, 15) is 0 Å². The molecule has 0 unspecified atom stereocenters. The molecule has 1 spiro atoms. The van der Waals surface area contributed by atoms with Crippen molar-refractivity contribution < 1.29 is 0 Å². The van der Waals surface area contributed by atoms with E-state index in [1.54, 1.807) is 6.33 Å². The highest BCUT2D eigenvalue weighted by Gasteiger charge is 2.44. The predicted octanol–water partition coefficient (Wildman–Crippen LogP) is 5.01. The van der Waals surface area contributed by atoms with Crippen molar-refractivity contribution >= 4 is 5.69 Å². The second-order valence-corrected chi connectivity index (χ2v) is 9.53. The van der Waals surface area contributed by atoms with Crippen LogP contribution in [0.2, 0.25) is 0 Å². The van der Waals surface area contributed by atoms with E-state index >= 15 is 0 Å². The van der Waals surface area contributed by atoms with Crippen LogP contribution < -0.4 is 5.32 Å². The zero-order chi connectivity index (χ0) is 21.8. The van der Waals surface area contributed by atoms with Gasteiger partial charge in [-0.2, -0.15) is 5.10 Å². The fraction of sp³-hybridized carbons (Fsp3) is 0.286. The van der Waals surface area contributed by atoms with Gasteiger partial charge in [-0.25, -0.2) is 9.67 Å². The second-order valence-electron chi connectivity index (χ2n) is 9.53. The van der Waals surface area contributed by atoms with Crippen LogP contribution in [0.25, 0.3) is 11.4 Å². The lowest BCUT2D eigenvalue weighted by atomic mass is 9.88. The van der Waals surface area contributed by atoms with Crippen LogP contribution in [0, 0.1) is 0 Å². The maximum absolute atomic E-state index is 4.68. The van der Waals surface area contributed by atoms with Crippen molar-refractivity contribution in [2.24, 2.45) is 0 Å². The maximum Gasteiger partial charge on any atom is 0.162 e. The number of para-hydroxylation sites is 1. The first-order valence-corrected chi connectivity index (χ1v) is 12.0. The summed E-state index contributed by atoms with van der Waals surface area (Å²) in [4.78, 5) is 7.31. The number of nitrogens with zero attached hydrogens (tertiary/aromatic N) is 4. The van der Waals surface area contributed by atoms with Gasteiger partial charge in [0.25, 0.3) is 0 Å². The second kappa shape index (κ2) is 7.29. The fourth-order valence-corrected chi connectivity index (χ4v) is 6.21. The third kappa shape index (κ3) is 2.89. The van der Waals surface area contributed by atoms with Crippen LogP contribution in [-0.2, 0) is 18.5 Å². The number of hydrogen-bond acceptors (Lipinski definition) is 4. The van der Waals surface area contributed by atoms with Gasteiger partial charge in [0, 0.05) is 37.2 Å². The summed E-state index contributed by atoms with van der Waals surface area (Å²) < 4.78 is 2.14.